The van der Waals surface area contributed by atoms with Gasteiger partial charge < -0.3 is 5.11 Å². The molecule has 1 N–H and O–H groups in total. The fourth-order valence-electron chi connectivity index (χ4n) is 1.40. The average molecular weight is 281 g/mol. The van der Waals surface area contributed by atoms with Crippen LogP contribution in [0, 0.1) is 5.82 Å². The Labute approximate surface area is 105 Å². The Kier molecular flexibility index (Phi) is 4.17. The van der Waals surface area contributed by atoms with Crippen molar-refractivity contribution in [2.45, 2.75) is 24.2 Å². The quantitative estimate of drug-likeness (QED) is 0.861. The van der Waals surface area contributed by atoms with Gasteiger partial charge in [-0.1, -0.05) is 30.7 Å². The van der Waals surface area contributed by atoms with E-state index < -0.39 is 26.0 Å². The summed E-state index contributed by atoms with van der Waals surface area (Å²) in [5.41, 5.74) is 0.265. The number of aliphatic hydroxyl groups is 1. The predicted molar refractivity (Wildman–Crippen MR) is 65.1 cm³/mol. The van der Waals surface area contributed by atoms with Crippen LogP contribution in [0.25, 0.3) is 0 Å². The normalized spacial score (nSPS) is 17.5. The molecule has 0 fully saturated rings. The lowest BCUT2D eigenvalue weighted by Gasteiger charge is -2.27. The molecule has 96 valence electrons. The standard InChI is InChI=1S/C11H14ClFO3S/c1-3-17(15,16)11(2,12)10(14)8-4-6-9(13)7-5-8/h4-7,10,14H,3H2,1-2H3/t10-,11+/m1/s1. The van der Waals surface area contributed by atoms with Gasteiger partial charge in [0.15, 0.2) is 14.0 Å². The first-order valence-corrected chi connectivity index (χ1v) is 7.10. The summed E-state index contributed by atoms with van der Waals surface area (Å²) < 4.78 is 34.4. The molecule has 0 unspecified atom stereocenters. The lowest BCUT2D eigenvalue weighted by Crippen LogP contribution is -2.37. The highest BCUT2D eigenvalue weighted by Crippen LogP contribution is 2.37. The van der Waals surface area contributed by atoms with Crippen molar-refractivity contribution in [2.75, 3.05) is 5.75 Å². The minimum atomic E-state index is -3.63. The second-order valence-corrected chi connectivity index (χ2v) is 7.51. The molecule has 0 aromatic heterocycles. The third-order valence-corrected chi connectivity index (χ3v) is 5.77. The molecule has 1 aromatic carbocycles. The van der Waals surface area contributed by atoms with Crippen LogP contribution in [-0.2, 0) is 9.84 Å². The number of alkyl halides is 1. The molecule has 0 saturated carbocycles. The second-order valence-electron chi connectivity index (χ2n) is 3.84. The van der Waals surface area contributed by atoms with E-state index in [1.165, 1.54) is 26.0 Å². The van der Waals surface area contributed by atoms with Crippen LogP contribution >= 0.6 is 11.6 Å². The maximum absolute atomic E-state index is 12.7. The van der Waals surface area contributed by atoms with E-state index in [-0.39, 0.29) is 11.3 Å². The third-order valence-electron chi connectivity index (χ3n) is 2.66. The molecule has 2 atom stereocenters. The van der Waals surface area contributed by atoms with Crippen LogP contribution in [0.2, 0.25) is 0 Å². The van der Waals surface area contributed by atoms with Crippen LogP contribution < -0.4 is 0 Å². The van der Waals surface area contributed by atoms with Gasteiger partial charge in [-0.15, -0.1) is 0 Å². The van der Waals surface area contributed by atoms with Crippen molar-refractivity contribution in [3.05, 3.63) is 35.6 Å². The van der Waals surface area contributed by atoms with Crippen LogP contribution in [0.1, 0.15) is 25.5 Å². The van der Waals surface area contributed by atoms with Crippen molar-refractivity contribution in [1.29, 1.82) is 0 Å². The Hall–Kier alpha value is -0.650. The molecule has 0 radical (unpaired) electrons. The zero-order chi connectivity index (χ0) is 13.3. The topological polar surface area (TPSA) is 54.4 Å². The summed E-state index contributed by atoms with van der Waals surface area (Å²) in [6.45, 7) is 2.69. The number of hydrogen-bond acceptors (Lipinski definition) is 3. The monoisotopic (exact) mass is 280 g/mol. The zero-order valence-corrected chi connectivity index (χ0v) is 11.1. The summed E-state index contributed by atoms with van der Waals surface area (Å²) in [5.74, 6) is -0.638. The number of rotatable bonds is 4. The van der Waals surface area contributed by atoms with E-state index in [1.54, 1.807) is 0 Å². The average Bonchev–Trinajstić information content (AvgIpc) is 2.28. The van der Waals surface area contributed by atoms with Crippen molar-refractivity contribution in [1.82, 2.24) is 0 Å². The predicted octanol–water partition coefficient (Wildman–Crippen LogP) is 2.25. The molecular formula is C11H14ClFO3S. The van der Waals surface area contributed by atoms with E-state index in [0.717, 1.165) is 12.1 Å². The Morgan fingerprint density at radius 2 is 1.88 bits per heavy atom. The van der Waals surface area contributed by atoms with Crippen molar-refractivity contribution in [3.63, 3.8) is 0 Å². The molecule has 0 aliphatic heterocycles. The SMILES string of the molecule is CCS(=O)(=O)[C@](C)(Cl)[C@H](O)c1ccc(F)cc1. The molecule has 1 aromatic rings. The first-order valence-electron chi connectivity index (χ1n) is 5.07. The van der Waals surface area contributed by atoms with Crippen molar-refractivity contribution in [3.8, 4) is 0 Å². The summed E-state index contributed by atoms with van der Waals surface area (Å²) in [6.07, 6.45) is -1.41. The maximum Gasteiger partial charge on any atom is 0.172 e. The number of hydrogen-bond donors (Lipinski definition) is 1. The molecule has 0 aliphatic carbocycles. The van der Waals surface area contributed by atoms with Gasteiger partial charge in [-0.3, -0.25) is 0 Å². The Morgan fingerprint density at radius 3 is 2.29 bits per heavy atom. The molecule has 0 aliphatic rings. The van der Waals surface area contributed by atoms with Crippen LogP contribution in [0.4, 0.5) is 4.39 Å². The Morgan fingerprint density at radius 1 is 1.41 bits per heavy atom. The van der Waals surface area contributed by atoms with Gasteiger partial charge in [-0.05, 0) is 24.6 Å². The highest BCUT2D eigenvalue weighted by molar-refractivity contribution is 7.94. The number of aliphatic hydroxyl groups excluding tert-OH is 1. The van der Waals surface area contributed by atoms with Crippen LogP contribution in [0.15, 0.2) is 24.3 Å². The molecular weight excluding hydrogens is 267 g/mol. The minimum absolute atomic E-state index is 0.175. The van der Waals surface area contributed by atoms with Crippen LogP contribution in [0.3, 0.4) is 0 Å². The fourth-order valence-corrected chi connectivity index (χ4v) is 2.89. The van der Waals surface area contributed by atoms with Gasteiger partial charge in [-0.2, -0.15) is 0 Å². The van der Waals surface area contributed by atoms with Gasteiger partial charge in [0.25, 0.3) is 0 Å². The van der Waals surface area contributed by atoms with Crippen molar-refractivity contribution in [2.24, 2.45) is 0 Å². The van der Waals surface area contributed by atoms with E-state index in [1.807, 2.05) is 0 Å². The zero-order valence-electron chi connectivity index (χ0n) is 9.52. The first-order chi connectivity index (χ1) is 7.72. The largest absolute Gasteiger partial charge is 0.385 e. The number of halogens is 2. The molecule has 1 rings (SSSR count). The maximum atomic E-state index is 12.7. The smallest absolute Gasteiger partial charge is 0.172 e. The lowest BCUT2D eigenvalue weighted by molar-refractivity contribution is 0.162. The van der Waals surface area contributed by atoms with Crippen molar-refractivity contribution < 1.29 is 17.9 Å². The van der Waals surface area contributed by atoms with E-state index in [0.29, 0.717) is 0 Å². The highest BCUT2D eigenvalue weighted by Gasteiger charge is 2.43. The minimum Gasteiger partial charge on any atom is -0.385 e. The molecule has 0 amide bonds. The highest BCUT2D eigenvalue weighted by atomic mass is 35.5. The summed E-state index contributed by atoms with van der Waals surface area (Å²) in [7, 11) is -3.63. The van der Waals surface area contributed by atoms with E-state index >= 15 is 0 Å². The molecule has 0 bridgehead atoms. The van der Waals surface area contributed by atoms with E-state index in [9.17, 15) is 17.9 Å². The summed E-state index contributed by atoms with van der Waals surface area (Å²) in [4.78, 5) is 0. The first kappa shape index (κ1) is 14.4. The molecule has 3 nitrogen and oxygen atoms in total. The molecule has 6 heteroatoms. The van der Waals surface area contributed by atoms with Gasteiger partial charge in [-0.25, -0.2) is 12.8 Å². The van der Waals surface area contributed by atoms with Gasteiger partial charge in [0.2, 0.25) is 0 Å². The third kappa shape index (κ3) is 2.78. The van der Waals surface area contributed by atoms with Gasteiger partial charge in [0, 0.05) is 5.75 Å². The molecule has 0 heterocycles. The molecule has 0 saturated heterocycles. The van der Waals surface area contributed by atoms with E-state index in [4.69, 9.17) is 11.6 Å². The lowest BCUT2D eigenvalue weighted by atomic mass is 10.1. The second kappa shape index (κ2) is 4.92. The number of benzene rings is 1. The summed E-state index contributed by atoms with van der Waals surface area (Å²) in [5, 5.41) is 9.97. The summed E-state index contributed by atoms with van der Waals surface area (Å²) in [6, 6.07) is 4.91. The van der Waals surface area contributed by atoms with Gasteiger partial charge in [0.05, 0.1) is 0 Å². The van der Waals surface area contributed by atoms with E-state index in [2.05, 4.69) is 0 Å². The van der Waals surface area contributed by atoms with Gasteiger partial charge >= 0.3 is 0 Å². The summed E-state index contributed by atoms with van der Waals surface area (Å²) >= 11 is 5.92. The van der Waals surface area contributed by atoms with Crippen LogP contribution in [0.5, 0.6) is 0 Å². The fraction of sp³-hybridized carbons (Fsp3) is 0.455. The van der Waals surface area contributed by atoms with Gasteiger partial charge in [0.1, 0.15) is 11.9 Å². The molecule has 0 spiro atoms. The molecule has 17 heavy (non-hydrogen) atoms. The van der Waals surface area contributed by atoms with Crippen LogP contribution in [-0.4, -0.2) is 23.5 Å². The number of sulfone groups is 1. The van der Waals surface area contributed by atoms with Crippen molar-refractivity contribution >= 4 is 21.4 Å². The Bertz CT molecular complexity index is 482. The Balaban J connectivity index is 3.12.